The summed E-state index contributed by atoms with van der Waals surface area (Å²) in [7, 11) is 2.04. The van der Waals surface area contributed by atoms with E-state index in [2.05, 4.69) is 44.4 Å². The normalized spacial score (nSPS) is 46.7. The second kappa shape index (κ2) is 7.27. The molecule has 0 N–H and O–H groups in total. The lowest BCUT2D eigenvalue weighted by molar-refractivity contribution is -0.167. The van der Waals surface area contributed by atoms with Gasteiger partial charge in [0, 0.05) is 38.0 Å². The first-order valence-electron chi connectivity index (χ1n) is 12.2. The van der Waals surface area contributed by atoms with E-state index in [4.69, 9.17) is 0 Å². The van der Waals surface area contributed by atoms with Crippen molar-refractivity contribution in [3.05, 3.63) is 0 Å². The van der Waals surface area contributed by atoms with Gasteiger partial charge in [-0.3, -0.25) is 9.59 Å². The molecule has 0 bridgehead atoms. The van der Waals surface area contributed by atoms with Crippen LogP contribution in [0.3, 0.4) is 0 Å². The van der Waals surface area contributed by atoms with Gasteiger partial charge in [0.05, 0.1) is 0 Å². The quantitative estimate of drug-likeness (QED) is 0.693. The number of nitrogens with zero attached hydrogens (tertiary/aromatic N) is 2. The van der Waals surface area contributed by atoms with Crippen LogP contribution in [0.2, 0.25) is 0 Å². The van der Waals surface area contributed by atoms with Crippen molar-refractivity contribution >= 4 is 11.8 Å². The summed E-state index contributed by atoms with van der Waals surface area (Å²) < 4.78 is 0. The van der Waals surface area contributed by atoms with E-state index < -0.39 is 0 Å². The summed E-state index contributed by atoms with van der Waals surface area (Å²) in [5, 5.41) is 0. The van der Waals surface area contributed by atoms with Crippen LogP contribution in [-0.2, 0) is 9.59 Å². The molecule has 4 heteroatoms. The molecule has 4 aliphatic rings. The van der Waals surface area contributed by atoms with Crippen LogP contribution in [-0.4, -0.2) is 47.8 Å². The second-order valence-corrected chi connectivity index (χ2v) is 11.2. The molecule has 0 aromatic rings. The number of likely N-dealkylation sites (tertiary alicyclic amines) is 1. The predicted octanol–water partition coefficient (Wildman–Crippen LogP) is 4.58. The van der Waals surface area contributed by atoms with E-state index in [1.807, 2.05) is 7.05 Å². The minimum Gasteiger partial charge on any atom is -0.343 e. The Morgan fingerprint density at radius 2 is 1.69 bits per heavy atom. The maximum atomic E-state index is 13.3. The van der Waals surface area contributed by atoms with Crippen LogP contribution in [0.1, 0.15) is 79.6 Å². The molecule has 1 heterocycles. The molecule has 4 fully saturated rings. The van der Waals surface area contributed by atoms with Gasteiger partial charge in [-0.25, -0.2) is 0 Å². The Morgan fingerprint density at radius 3 is 2.34 bits per heavy atom. The maximum Gasteiger partial charge on any atom is 0.226 e. The molecule has 1 saturated heterocycles. The largest absolute Gasteiger partial charge is 0.343 e. The molecular formula is C25H42N2O2. The van der Waals surface area contributed by atoms with Crippen LogP contribution >= 0.6 is 0 Å². The molecule has 0 aromatic heterocycles. The lowest BCUT2D eigenvalue weighted by Gasteiger charge is -2.62. The molecule has 4 nitrogen and oxygen atoms in total. The van der Waals surface area contributed by atoms with Crippen molar-refractivity contribution in [2.45, 2.75) is 85.6 Å². The molecule has 0 unspecified atom stereocenters. The average Bonchev–Trinajstić information content (AvgIpc) is 3.04. The average molecular weight is 403 g/mol. The van der Waals surface area contributed by atoms with Gasteiger partial charge in [-0.1, -0.05) is 20.8 Å². The van der Waals surface area contributed by atoms with Gasteiger partial charge in [0.1, 0.15) is 0 Å². The summed E-state index contributed by atoms with van der Waals surface area (Å²) in [4.78, 5) is 30.1. The minimum atomic E-state index is 0.147. The van der Waals surface area contributed by atoms with E-state index in [1.165, 1.54) is 25.7 Å². The summed E-state index contributed by atoms with van der Waals surface area (Å²) in [5.41, 5.74) is 0.416. The first-order valence-corrected chi connectivity index (χ1v) is 12.2. The number of carbonyl (C=O) groups is 2. The SMILES string of the molecule is CCN(CC)C(=O)[C@H]1CC[C@H]2[C@@H]3CC[C@H]4N(C)C(=O)[C@@H](C)C[C@]4(C)[C@H]3CC[C@]12C. The Kier molecular flexibility index (Phi) is 5.31. The van der Waals surface area contributed by atoms with Crippen LogP contribution in [0.5, 0.6) is 0 Å². The number of fused-ring (bicyclic) bond motifs is 5. The van der Waals surface area contributed by atoms with Gasteiger partial charge in [0.25, 0.3) is 0 Å². The van der Waals surface area contributed by atoms with E-state index in [9.17, 15) is 9.59 Å². The Labute approximate surface area is 177 Å². The second-order valence-electron chi connectivity index (χ2n) is 11.2. The zero-order valence-electron chi connectivity index (χ0n) is 19.5. The minimum absolute atomic E-state index is 0.147. The van der Waals surface area contributed by atoms with E-state index in [0.717, 1.165) is 38.3 Å². The molecule has 3 aliphatic carbocycles. The fraction of sp³-hybridized carbons (Fsp3) is 0.920. The summed E-state index contributed by atoms with van der Waals surface area (Å²) in [6.07, 6.45) is 8.16. The van der Waals surface area contributed by atoms with Crippen LogP contribution in [0.4, 0.5) is 0 Å². The highest BCUT2D eigenvalue weighted by molar-refractivity contribution is 5.80. The van der Waals surface area contributed by atoms with Crippen molar-refractivity contribution in [3.63, 3.8) is 0 Å². The van der Waals surface area contributed by atoms with E-state index in [-0.39, 0.29) is 22.7 Å². The molecule has 2 amide bonds. The van der Waals surface area contributed by atoms with Gasteiger partial charge >= 0.3 is 0 Å². The van der Waals surface area contributed by atoms with Crippen molar-refractivity contribution in [1.82, 2.24) is 9.80 Å². The third-order valence-electron chi connectivity index (χ3n) is 10.2. The highest BCUT2D eigenvalue weighted by Gasteiger charge is 2.62. The van der Waals surface area contributed by atoms with Gasteiger partial charge in [0.2, 0.25) is 11.8 Å². The number of hydrogen-bond donors (Lipinski definition) is 0. The molecule has 29 heavy (non-hydrogen) atoms. The Morgan fingerprint density at radius 1 is 1.03 bits per heavy atom. The Bertz CT molecular complexity index is 674. The number of carbonyl (C=O) groups excluding carboxylic acids is 2. The summed E-state index contributed by atoms with van der Waals surface area (Å²) in [6, 6.07) is 0.409. The van der Waals surface area contributed by atoms with Crippen molar-refractivity contribution in [3.8, 4) is 0 Å². The van der Waals surface area contributed by atoms with Crippen LogP contribution in [0.15, 0.2) is 0 Å². The maximum absolute atomic E-state index is 13.3. The molecule has 164 valence electrons. The van der Waals surface area contributed by atoms with Crippen molar-refractivity contribution < 1.29 is 9.59 Å². The van der Waals surface area contributed by atoms with Crippen LogP contribution in [0.25, 0.3) is 0 Å². The van der Waals surface area contributed by atoms with Gasteiger partial charge in [0.15, 0.2) is 0 Å². The third-order valence-corrected chi connectivity index (χ3v) is 10.2. The van der Waals surface area contributed by atoms with Gasteiger partial charge in [-0.05, 0) is 87.4 Å². The van der Waals surface area contributed by atoms with E-state index in [1.54, 1.807) is 0 Å². The Balaban J connectivity index is 1.60. The van der Waals surface area contributed by atoms with Gasteiger partial charge in [-0.15, -0.1) is 0 Å². The molecule has 8 atom stereocenters. The molecule has 0 aromatic carbocycles. The zero-order valence-corrected chi connectivity index (χ0v) is 19.5. The van der Waals surface area contributed by atoms with Gasteiger partial charge < -0.3 is 9.80 Å². The molecule has 0 spiro atoms. The molecule has 1 aliphatic heterocycles. The number of hydrogen-bond acceptors (Lipinski definition) is 2. The predicted molar refractivity (Wildman–Crippen MR) is 116 cm³/mol. The summed E-state index contributed by atoms with van der Waals surface area (Å²) in [5.74, 6) is 3.24. The summed E-state index contributed by atoms with van der Waals surface area (Å²) in [6.45, 7) is 12.9. The zero-order chi connectivity index (χ0) is 21.1. The lowest BCUT2D eigenvalue weighted by atomic mass is 9.46. The monoisotopic (exact) mass is 402 g/mol. The lowest BCUT2D eigenvalue weighted by Crippen LogP contribution is -2.63. The topological polar surface area (TPSA) is 40.6 Å². The van der Waals surface area contributed by atoms with E-state index >= 15 is 0 Å². The molecular weight excluding hydrogens is 360 g/mol. The third kappa shape index (κ3) is 2.91. The fourth-order valence-electron chi connectivity index (χ4n) is 8.77. The van der Waals surface area contributed by atoms with Crippen molar-refractivity contribution in [2.75, 3.05) is 20.1 Å². The molecule has 4 rings (SSSR count). The highest BCUT2D eigenvalue weighted by Crippen LogP contribution is 2.66. The number of piperidine rings is 1. The first kappa shape index (κ1) is 21.2. The van der Waals surface area contributed by atoms with E-state index in [0.29, 0.717) is 29.7 Å². The number of rotatable bonds is 3. The highest BCUT2D eigenvalue weighted by atomic mass is 16.2. The fourth-order valence-corrected chi connectivity index (χ4v) is 8.77. The van der Waals surface area contributed by atoms with Crippen molar-refractivity contribution in [2.24, 2.45) is 40.4 Å². The Hall–Kier alpha value is -1.06. The van der Waals surface area contributed by atoms with Crippen LogP contribution < -0.4 is 0 Å². The standard InChI is InChI=1S/C25H42N2O2/c1-7-27(8-2)23(29)20-11-10-18-17-9-12-21-25(5,15-16(3)22(28)26(21)6)19(17)13-14-24(18,20)4/h16-21H,7-15H2,1-6H3/t16-,17-,18-,19-,20+,21+,24-,25+/m0/s1. The smallest absolute Gasteiger partial charge is 0.226 e. The molecule has 3 saturated carbocycles. The first-order chi connectivity index (χ1) is 13.7. The van der Waals surface area contributed by atoms with Crippen LogP contribution in [0, 0.1) is 40.4 Å². The van der Waals surface area contributed by atoms with Crippen molar-refractivity contribution in [1.29, 1.82) is 0 Å². The molecule has 0 radical (unpaired) electrons. The summed E-state index contributed by atoms with van der Waals surface area (Å²) >= 11 is 0. The van der Waals surface area contributed by atoms with Gasteiger partial charge in [-0.2, -0.15) is 0 Å². The number of amides is 2.